The van der Waals surface area contributed by atoms with Crippen molar-refractivity contribution < 1.29 is 39.0 Å². The van der Waals surface area contributed by atoms with Crippen LogP contribution in [0.15, 0.2) is 84.9 Å². The van der Waals surface area contributed by atoms with Gasteiger partial charge in [-0.15, -0.1) is 10.2 Å². The minimum atomic E-state index is -1.45. The highest BCUT2D eigenvalue weighted by molar-refractivity contribution is 6.30. The van der Waals surface area contributed by atoms with Gasteiger partial charge in [-0.2, -0.15) is 5.21 Å². The highest BCUT2D eigenvalue weighted by atomic mass is 35.5. The lowest BCUT2D eigenvalue weighted by atomic mass is 9.93. The van der Waals surface area contributed by atoms with Gasteiger partial charge in [-0.05, 0) is 109 Å². The van der Waals surface area contributed by atoms with E-state index in [9.17, 15) is 39.0 Å². The quantitative estimate of drug-likeness (QED) is 0.0627. The molecular formula is C43H45ClN10O8. The molecule has 1 aromatic heterocycles. The first-order chi connectivity index (χ1) is 29.7. The molecule has 5 amide bonds. The molecule has 322 valence electrons. The Bertz CT molecular complexity index is 2450. The number of H-pyrrole nitrogens is 1. The Balaban J connectivity index is 1.30. The molecule has 0 aliphatic carbocycles. The van der Waals surface area contributed by atoms with Crippen molar-refractivity contribution in [2.45, 2.75) is 56.8 Å². The van der Waals surface area contributed by atoms with Gasteiger partial charge in [0.2, 0.25) is 35.2 Å². The van der Waals surface area contributed by atoms with Crippen LogP contribution >= 0.6 is 11.6 Å². The first-order valence-electron chi connectivity index (χ1n) is 19.7. The molecule has 0 saturated carbocycles. The van der Waals surface area contributed by atoms with Crippen molar-refractivity contribution in [3.05, 3.63) is 112 Å². The van der Waals surface area contributed by atoms with E-state index in [2.05, 4.69) is 41.9 Å². The smallest absolute Gasteiger partial charge is 0.251 e. The molecule has 0 fully saturated rings. The Hall–Kier alpha value is -7.18. The second kappa shape index (κ2) is 19.9. The normalized spacial score (nSPS) is 16.8. The zero-order valence-corrected chi connectivity index (χ0v) is 34.5. The van der Waals surface area contributed by atoms with Gasteiger partial charge in [-0.25, -0.2) is 0 Å². The molecule has 9 N–H and O–H groups in total. The predicted octanol–water partition coefficient (Wildman–Crippen LogP) is 2.57. The van der Waals surface area contributed by atoms with E-state index in [1.807, 2.05) is 12.1 Å². The number of aromatic hydroxyl groups is 2. The molecule has 2 heterocycles. The van der Waals surface area contributed by atoms with Crippen LogP contribution in [0.3, 0.4) is 0 Å². The summed E-state index contributed by atoms with van der Waals surface area (Å²) in [5.74, 6) is -4.96. The van der Waals surface area contributed by atoms with Crippen molar-refractivity contribution in [2.24, 2.45) is 5.73 Å². The number of fused-ring (bicyclic) bond motifs is 5. The summed E-state index contributed by atoms with van der Waals surface area (Å²) in [7, 11) is 1.38. The topological polar surface area (TPSA) is 275 Å². The van der Waals surface area contributed by atoms with Crippen LogP contribution in [-0.4, -0.2) is 109 Å². The first-order valence-corrected chi connectivity index (χ1v) is 20.1. The van der Waals surface area contributed by atoms with Gasteiger partial charge in [0.15, 0.2) is 0 Å². The van der Waals surface area contributed by atoms with Gasteiger partial charge < -0.3 is 42.1 Å². The minimum absolute atomic E-state index is 0.0937. The number of benzene rings is 4. The van der Waals surface area contributed by atoms with Crippen LogP contribution in [0.1, 0.15) is 64.3 Å². The zero-order chi connectivity index (χ0) is 44.5. The number of hydrogen-bond donors (Lipinski definition) is 8. The fraction of sp³-hybridized carbons (Fsp3) is 0.279. The summed E-state index contributed by atoms with van der Waals surface area (Å²) in [6.45, 7) is 1.21. The number of halogens is 1. The van der Waals surface area contributed by atoms with Gasteiger partial charge in [0.1, 0.15) is 35.7 Å². The van der Waals surface area contributed by atoms with Crippen LogP contribution in [0, 0.1) is 0 Å². The summed E-state index contributed by atoms with van der Waals surface area (Å²) in [6, 6.07) is 17.5. The van der Waals surface area contributed by atoms with Crippen LogP contribution in [0.2, 0.25) is 5.02 Å². The van der Waals surface area contributed by atoms with Gasteiger partial charge in [0.25, 0.3) is 5.91 Å². The monoisotopic (exact) mass is 864 g/mol. The van der Waals surface area contributed by atoms with Crippen LogP contribution in [0.4, 0.5) is 0 Å². The second-order valence-corrected chi connectivity index (χ2v) is 15.2. The lowest BCUT2D eigenvalue weighted by Crippen LogP contribution is -2.56. The Morgan fingerprint density at radius 1 is 0.887 bits per heavy atom. The number of nitrogens with one attached hydrogen (secondary N) is 5. The first kappa shape index (κ1) is 44.4. The highest BCUT2D eigenvalue weighted by Crippen LogP contribution is 2.39. The van der Waals surface area contributed by atoms with Crippen LogP contribution in [0.5, 0.6) is 11.5 Å². The summed E-state index contributed by atoms with van der Waals surface area (Å²) < 4.78 is 0. The maximum atomic E-state index is 14.5. The van der Waals surface area contributed by atoms with E-state index in [0.717, 1.165) is 16.0 Å². The van der Waals surface area contributed by atoms with Gasteiger partial charge in [0, 0.05) is 35.2 Å². The van der Waals surface area contributed by atoms with E-state index in [-0.39, 0.29) is 52.4 Å². The number of phenols is 2. The highest BCUT2D eigenvalue weighted by Gasteiger charge is 2.36. The molecule has 6 rings (SSSR count). The molecule has 0 saturated heterocycles. The molecule has 4 unspecified atom stereocenters. The molecule has 1 aliphatic heterocycles. The fourth-order valence-electron chi connectivity index (χ4n) is 6.99. The number of tetrazole rings is 1. The van der Waals surface area contributed by atoms with Crippen molar-refractivity contribution in [1.29, 1.82) is 0 Å². The van der Waals surface area contributed by atoms with E-state index in [4.69, 9.17) is 17.3 Å². The average molecular weight is 865 g/mol. The summed E-state index contributed by atoms with van der Waals surface area (Å²) in [4.78, 5) is 83.4. The zero-order valence-electron chi connectivity index (χ0n) is 33.7. The van der Waals surface area contributed by atoms with Crippen molar-refractivity contribution in [2.75, 3.05) is 20.1 Å². The third-order valence-electron chi connectivity index (χ3n) is 10.4. The number of ketones is 1. The minimum Gasteiger partial charge on any atom is -0.507 e. The molecule has 0 spiro atoms. The third kappa shape index (κ3) is 10.6. The van der Waals surface area contributed by atoms with Crippen LogP contribution < -0.4 is 27.0 Å². The number of carbonyl (C=O) groups is 6. The molecule has 62 heavy (non-hydrogen) atoms. The van der Waals surface area contributed by atoms with Crippen molar-refractivity contribution in [3.8, 4) is 33.8 Å². The number of unbranched alkanes of at least 4 members (excludes halogenated alkanes) is 1. The van der Waals surface area contributed by atoms with E-state index < -0.39 is 66.0 Å². The number of rotatable bonds is 13. The molecule has 4 bridgehead atoms. The molecular weight excluding hydrogens is 820 g/mol. The maximum absolute atomic E-state index is 14.5. The molecule has 18 nitrogen and oxygen atoms in total. The van der Waals surface area contributed by atoms with E-state index in [0.29, 0.717) is 30.0 Å². The van der Waals surface area contributed by atoms with Crippen molar-refractivity contribution in [3.63, 3.8) is 0 Å². The van der Waals surface area contributed by atoms with Crippen LogP contribution in [-0.2, 0) is 25.6 Å². The molecule has 19 heteroatoms. The number of amides is 5. The summed E-state index contributed by atoms with van der Waals surface area (Å²) in [6.07, 6.45) is 1.05. The number of Topliss-reactive ketones (excluding diaryl/α,β-unsaturated/α-hetero) is 1. The third-order valence-corrected chi connectivity index (χ3v) is 10.6. The second-order valence-electron chi connectivity index (χ2n) is 14.7. The molecule has 1 aliphatic rings. The number of phenolic OH excluding ortho intramolecular Hbond substituents is 2. The predicted molar refractivity (Wildman–Crippen MR) is 227 cm³/mol. The van der Waals surface area contributed by atoms with Gasteiger partial charge in [-0.1, -0.05) is 48.0 Å². The van der Waals surface area contributed by atoms with Gasteiger partial charge >= 0.3 is 0 Å². The summed E-state index contributed by atoms with van der Waals surface area (Å²) >= 11 is 6.04. The number of hydrogen-bond acceptors (Lipinski definition) is 12. The van der Waals surface area contributed by atoms with Gasteiger partial charge in [0.05, 0.1) is 6.54 Å². The Morgan fingerprint density at radius 3 is 2.21 bits per heavy atom. The number of aromatic amines is 1. The number of carbonyl (C=O) groups excluding carboxylic acids is 6. The summed E-state index contributed by atoms with van der Waals surface area (Å²) in [5.41, 5.74) is 8.65. The summed E-state index contributed by atoms with van der Waals surface area (Å²) in [5, 5.41) is 46.0. The molecule has 4 atom stereocenters. The van der Waals surface area contributed by atoms with E-state index in [1.165, 1.54) is 50.4 Å². The number of aromatic nitrogens is 4. The van der Waals surface area contributed by atoms with Crippen molar-refractivity contribution >= 4 is 46.9 Å². The van der Waals surface area contributed by atoms with Gasteiger partial charge in [-0.3, -0.25) is 28.8 Å². The Morgan fingerprint density at radius 2 is 1.55 bits per heavy atom. The number of nitrogens with zero attached hydrogens (tertiary/aromatic N) is 4. The lowest BCUT2D eigenvalue weighted by Gasteiger charge is -2.32. The number of likely N-dealkylation sites (N-methyl/N-ethyl adjacent to an activating group) is 1. The van der Waals surface area contributed by atoms with E-state index in [1.54, 1.807) is 36.4 Å². The SMILES string of the molecule is CC1NC(=O)C(N(C)C(=O)C(CCCCN)NC(=O)c2ccc(-c3ccc(Cl)cc3)cc2)c2ccc(O)c(c2)-c2cc(ccc2O)CC(C(=O)NCC(=O)c2nn[nH]n2)NC1=O. The average Bonchev–Trinajstić information content (AvgIpc) is 3.81. The Kier molecular flexibility index (Phi) is 14.3. The number of nitrogens with two attached hydrogens (primary N) is 1. The van der Waals surface area contributed by atoms with E-state index >= 15 is 0 Å². The fourth-order valence-corrected chi connectivity index (χ4v) is 7.11. The molecule has 4 aromatic carbocycles. The largest absolute Gasteiger partial charge is 0.507 e. The van der Waals surface area contributed by atoms with Crippen LogP contribution in [0.25, 0.3) is 22.3 Å². The Labute approximate surface area is 360 Å². The molecule has 0 radical (unpaired) electrons. The lowest BCUT2D eigenvalue weighted by molar-refractivity contribution is -0.141. The molecule has 5 aromatic rings. The standard InChI is InChI=1S/C43H45ClN10O8/c1-23-39(58)49-33(41(60)46-22-36(57)38-50-52-53-51-38)20-24-6-16-34(55)30(19-24)31-21-28(13-17-35(31)56)37(42(61)47-23)54(2)43(62)32(5-3-4-18-45)48-40(59)27-9-7-25(8-10-27)26-11-14-29(44)15-12-26/h6-17,19,21,23,32-33,37,55-56H,3-5,18,20,22,45H2,1-2H3,(H,46,60)(H,47,61)(H,48,59)(H,49,58)(H,50,51,52,53). The van der Waals surface area contributed by atoms with Crippen molar-refractivity contribution in [1.82, 2.24) is 46.8 Å². The maximum Gasteiger partial charge on any atom is 0.251 e.